The van der Waals surface area contributed by atoms with Crippen molar-refractivity contribution in [1.29, 1.82) is 0 Å². The highest BCUT2D eigenvalue weighted by molar-refractivity contribution is 5.87. The predicted octanol–water partition coefficient (Wildman–Crippen LogP) is 2.80. The van der Waals surface area contributed by atoms with E-state index in [4.69, 9.17) is 0 Å². The van der Waals surface area contributed by atoms with Gasteiger partial charge < -0.3 is 4.40 Å². The van der Waals surface area contributed by atoms with Crippen molar-refractivity contribution in [3.63, 3.8) is 0 Å². The number of benzene rings is 1. The van der Waals surface area contributed by atoms with Gasteiger partial charge in [-0.3, -0.25) is 4.98 Å². The molecule has 0 bridgehead atoms. The number of para-hydroxylation sites is 1. The Kier molecular flexibility index (Phi) is 1.39. The maximum atomic E-state index is 4.28. The normalized spacial score (nSPS) is 11.2. The van der Waals surface area contributed by atoms with Crippen LogP contribution < -0.4 is 0 Å². The lowest BCUT2D eigenvalue weighted by molar-refractivity contribution is 1.12. The van der Waals surface area contributed by atoms with Crippen molar-refractivity contribution in [2.24, 2.45) is 0 Å². The van der Waals surface area contributed by atoms with Gasteiger partial charge in [0.25, 0.3) is 0 Å². The first-order valence-electron chi connectivity index (χ1n) is 4.68. The van der Waals surface area contributed by atoms with Crippen LogP contribution in [0.4, 0.5) is 0 Å². The van der Waals surface area contributed by atoms with Crippen molar-refractivity contribution >= 4 is 16.4 Å². The molecule has 3 rings (SSSR count). The molecular formula is C12H10N2. The van der Waals surface area contributed by atoms with Crippen molar-refractivity contribution in [2.75, 3.05) is 0 Å². The molecule has 2 heterocycles. The summed E-state index contributed by atoms with van der Waals surface area (Å²) in [5, 5.41) is 1.27. The molecule has 0 fully saturated rings. The standard InChI is InChI=1S/C12H10N2/c1-9-12-8-10-4-2-3-5-11(10)14(12)7-6-13-9/h2-8H,1H3. The molecule has 0 aliphatic carbocycles. The van der Waals surface area contributed by atoms with Gasteiger partial charge in [0.2, 0.25) is 0 Å². The van der Waals surface area contributed by atoms with Crippen molar-refractivity contribution in [3.05, 3.63) is 48.4 Å². The molecule has 2 heteroatoms. The van der Waals surface area contributed by atoms with Gasteiger partial charge in [-0.15, -0.1) is 0 Å². The number of aromatic nitrogens is 2. The molecule has 0 aliphatic heterocycles. The molecule has 0 spiro atoms. The minimum Gasteiger partial charge on any atom is -0.313 e. The van der Waals surface area contributed by atoms with E-state index in [-0.39, 0.29) is 0 Å². The first-order chi connectivity index (χ1) is 6.86. The van der Waals surface area contributed by atoms with Crippen LogP contribution in [0.25, 0.3) is 16.4 Å². The van der Waals surface area contributed by atoms with Gasteiger partial charge in [0.1, 0.15) is 0 Å². The first kappa shape index (κ1) is 7.56. The zero-order valence-corrected chi connectivity index (χ0v) is 7.94. The van der Waals surface area contributed by atoms with E-state index in [0.29, 0.717) is 0 Å². The summed E-state index contributed by atoms with van der Waals surface area (Å²) in [5.74, 6) is 0. The summed E-state index contributed by atoms with van der Waals surface area (Å²) in [6, 6.07) is 10.6. The average molecular weight is 182 g/mol. The molecule has 2 aromatic heterocycles. The van der Waals surface area contributed by atoms with Gasteiger partial charge in [-0.05, 0) is 19.1 Å². The van der Waals surface area contributed by atoms with Crippen LogP contribution in [0.2, 0.25) is 0 Å². The second-order valence-electron chi connectivity index (χ2n) is 3.47. The second kappa shape index (κ2) is 2.58. The Bertz CT molecular complexity index is 608. The zero-order valence-electron chi connectivity index (χ0n) is 7.94. The third kappa shape index (κ3) is 0.880. The number of fused-ring (bicyclic) bond motifs is 3. The van der Waals surface area contributed by atoms with E-state index in [2.05, 4.69) is 39.7 Å². The number of rotatable bonds is 0. The highest BCUT2D eigenvalue weighted by Gasteiger charge is 2.02. The SMILES string of the molecule is Cc1nccn2c1cc1ccccc12. The van der Waals surface area contributed by atoms with Gasteiger partial charge in [0, 0.05) is 17.8 Å². The lowest BCUT2D eigenvalue weighted by Gasteiger charge is -1.97. The Morgan fingerprint density at radius 1 is 1.14 bits per heavy atom. The largest absolute Gasteiger partial charge is 0.313 e. The van der Waals surface area contributed by atoms with E-state index in [0.717, 1.165) is 5.69 Å². The van der Waals surface area contributed by atoms with Gasteiger partial charge in [-0.25, -0.2) is 0 Å². The summed E-state index contributed by atoms with van der Waals surface area (Å²) < 4.78 is 2.18. The lowest BCUT2D eigenvalue weighted by Crippen LogP contribution is -1.88. The van der Waals surface area contributed by atoms with Crippen LogP contribution in [0.3, 0.4) is 0 Å². The summed E-state index contributed by atoms with van der Waals surface area (Å²) >= 11 is 0. The maximum Gasteiger partial charge on any atom is 0.0675 e. The van der Waals surface area contributed by atoms with Crippen LogP contribution in [0.1, 0.15) is 5.69 Å². The Hall–Kier alpha value is -1.83. The summed E-state index contributed by atoms with van der Waals surface area (Å²) in [6.07, 6.45) is 3.85. The minimum absolute atomic E-state index is 1.07. The smallest absolute Gasteiger partial charge is 0.0675 e. The molecular weight excluding hydrogens is 172 g/mol. The van der Waals surface area contributed by atoms with Gasteiger partial charge >= 0.3 is 0 Å². The van der Waals surface area contributed by atoms with E-state index < -0.39 is 0 Å². The molecule has 0 saturated carbocycles. The Balaban J connectivity index is 2.63. The molecule has 68 valence electrons. The van der Waals surface area contributed by atoms with Crippen molar-refractivity contribution < 1.29 is 0 Å². The Morgan fingerprint density at radius 3 is 2.93 bits per heavy atom. The molecule has 0 saturated heterocycles. The zero-order chi connectivity index (χ0) is 9.54. The van der Waals surface area contributed by atoms with E-state index in [1.807, 2.05) is 19.3 Å². The molecule has 1 aromatic carbocycles. The molecule has 0 radical (unpaired) electrons. The first-order valence-corrected chi connectivity index (χ1v) is 4.68. The van der Waals surface area contributed by atoms with E-state index >= 15 is 0 Å². The summed E-state index contributed by atoms with van der Waals surface area (Å²) in [6.45, 7) is 2.04. The van der Waals surface area contributed by atoms with Crippen molar-refractivity contribution in [2.45, 2.75) is 6.92 Å². The van der Waals surface area contributed by atoms with Gasteiger partial charge in [0.05, 0.1) is 16.7 Å². The molecule has 0 unspecified atom stereocenters. The number of aryl methyl sites for hydroxylation is 1. The number of hydrogen-bond donors (Lipinski definition) is 0. The Labute approximate surface area is 81.8 Å². The molecule has 14 heavy (non-hydrogen) atoms. The average Bonchev–Trinajstić information content (AvgIpc) is 2.59. The minimum atomic E-state index is 1.07. The fraction of sp³-hybridized carbons (Fsp3) is 0.0833. The van der Waals surface area contributed by atoms with Crippen LogP contribution in [0.15, 0.2) is 42.7 Å². The third-order valence-electron chi connectivity index (χ3n) is 2.60. The molecule has 0 atom stereocenters. The van der Waals surface area contributed by atoms with Crippen LogP contribution in [-0.2, 0) is 0 Å². The summed E-state index contributed by atoms with van der Waals surface area (Å²) in [7, 11) is 0. The lowest BCUT2D eigenvalue weighted by atomic mass is 10.2. The predicted molar refractivity (Wildman–Crippen MR) is 57.4 cm³/mol. The molecule has 0 aliphatic rings. The van der Waals surface area contributed by atoms with Gasteiger partial charge in [-0.2, -0.15) is 0 Å². The van der Waals surface area contributed by atoms with Gasteiger partial charge in [-0.1, -0.05) is 18.2 Å². The van der Waals surface area contributed by atoms with E-state index in [1.165, 1.54) is 16.4 Å². The highest BCUT2D eigenvalue weighted by atomic mass is 14.9. The molecule has 0 amide bonds. The van der Waals surface area contributed by atoms with Crippen LogP contribution >= 0.6 is 0 Å². The Morgan fingerprint density at radius 2 is 2.00 bits per heavy atom. The summed E-state index contributed by atoms with van der Waals surface area (Å²) in [5.41, 5.74) is 3.51. The number of nitrogens with zero attached hydrogens (tertiary/aromatic N) is 2. The molecule has 3 aromatic rings. The summed E-state index contributed by atoms with van der Waals surface area (Å²) in [4.78, 5) is 4.28. The fourth-order valence-corrected chi connectivity index (χ4v) is 1.89. The third-order valence-corrected chi connectivity index (χ3v) is 2.60. The highest BCUT2D eigenvalue weighted by Crippen LogP contribution is 2.20. The van der Waals surface area contributed by atoms with Gasteiger partial charge in [0.15, 0.2) is 0 Å². The topological polar surface area (TPSA) is 17.3 Å². The number of hydrogen-bond acceptors (Lipinski definition) is 1. The fourth-order valence-electron chi connectivity index (χ4n) is 1.89. The second-order valence-corrected chi connectivity index (χ2v) is 3.47. The van der Waals surface area contributed by atoms with Crippen molar-refractivity contribution in [1.82, 2.24) is 9.38 Å². The molecule has 0 N–H and O–H groups in total. The van der Waals surface area contributed by atoms with Crippen molar-refractivity contribution in [3.8, 4) is 0 Å². The van der Waals surface area contributed by atoms with E-state index in [1.54, 1.807) is 0 Å². The maximum absolute atomic E-state index is 4.28. The molecule has 2 nitrogen and oxygen atoms in total. The monoisotopic (exact) mass is 182 g/mol. The van der Waals surface area contributed by atoms with Crippen LogP contribution in [0.5, 0.6) is 0 Å². The van der Waals surface area contributed by atoms with Crippen LogP contribution in [-0.4, -0.2) is 9.38 Å². The van der Waals surface area contributed by atoms with E-state index in [9.17, 15) is 0 Å². The van der Waals surface area contributed by atoms with Crippen LogP contribution in [0, 0.1) is 6.92 Å². The quantitative estimate of drug-likeness (QED) is 0.522.